The molecule has 2 aromatic carbocycles. The smallest absolute Gasteiger partial charge is 0.257 e. The van der Waals surface area contributed by atoms with Gasteiger partial charge in [0.15, 0.2) is 11.5 Å². The third-order valence-corrected chi connectivity index (χ3v) is 5.78. The summed E-state index contributed by atoms with van der Waals surface area (Å²) < 4.78 is 11.1. The van der Waals surface area contributed by atoms with E-state index in [-0.39, 0.29) is 18.0 Å². The van der Waals surface area contributed by atoms with E-state index in [0.29, 0.717) is 41.5 Å². The molecule has 1 fully saturated rings. The fourth-order valence-corrected chi connectivity index (χ4v) is 4.42. The van der Waals surface area contributed by atoms with Gasteiger partial charge in [0.25, 0.3) is 11.8 Å². The summed E-state index contributed by atoms with van der Waals surface area (Å²) in [6.07, 6.45) is 2.07. The summed E-state index contributed by atoms with van der Waals surface area (Å²) in [6.45, 7) is 4.69. The van der Waals surface area contributed by atoms with Gasteiger partial charge < -0.3 is 24.6 Å². The number of fused-ring (bicyclic) bond motifs is 3. The van der Waals surface area contributed by atoms with Crippen molar-refractivity contribution >= 4 is 23.2 Å². The molecule has 29 heavy (non-hydrogen) atoms. The molecule has 3 aliphatic heterocycles. The van der Waals surface area contributed by atoms with Crippen molar-refractivity contribution in [2.24, 2.45) is 0 Å². The first-order chi connectivity index (χ1) is 14.2. The molecule has 1 atom stereocenters. The number of ether oxygens (including phenoxy) is 2. The van der Waals surface area contributed by atoms with Gasteiger partial charge in [0.1, 0.15) is 19.4 Å². The molecule has 2 amide bonds. The summed E-state index contributed by atoms with van der Waals surface area (Å²) in [5, 5.41) is 2.92. The molecule has 0 radical (unpaired) electrons. The maximum atomic E-state index is 12.9. The summed E-state index contributed by atoms with van der Waals surface area (Å²) >= 11 is 0. The van der Waals surface area contributed by atoms with Crippen LogP contribution in [0.1, 0.15) is 40.5 Å². The Kier molecular flexibility index (Phi) is 4.30. The maximum Gasteiger partial charge on any atom is 0.257 e. The van der Waals surface area contributed by atoms with Gasteiger partial charge >= 0.3 is 0 Å². The van der Waals surface area contributed by atoms with Crippen molar-refractivity contribution in [2.45, 2.75) is 25.9 Å². The number of hydrogen-bond donors (Lipinski definition) is 1. The van der Waals surface area contributed by atoms with Crippen molar-refractivity contribution in [3.63, 3.8) is 0 Å². The van der Waals surface area contributed by atoms with Crippen LogP contribution >= 0.6 is 0 Å². The first-order valence-electron chi connectivity index (χ1n) is 10.1. The second-order valence-electron chi connectivity index (χ2n) is 7.45. The minimum atomic E-state index is -0.221. The number of benzene rings is 2. The first kappa shape index (κ1) is 17.8. The third-order valence-electron chi connectivity index (χ3n) is 5.78. The van der Waals surface area contributed by atoms with Crippen LogP contribution in [0.25, 0.3) is 0 Å². The Labute approximate surface area is 169 Å². The van der Waals surface area contributed by atoms with Gasteiger partial charge in [-0.05, 0) is 50.1 Å². The van der Waals surface area contributed by atoms with Gasteiger partial charge in [-0.1, -0.05) is 0 Å². The summed E-state index contributed by atoms with van der Waals surface area (Å²) in [5.74, 6) is 1.15. The number of anilines is 2. The van der Waals surface area contributed by atoms with Crippen LogP contribution in [0.15, 0.2) is 36.4 Å². The van der Waals surface area contributed by atoms with E-state index in [9.17, 15) is 9.59 Å². The van der Waals surface area contributed by atoms with Crippen LogP contribution in [0, 0.1) is 0 Å². The zero-order chi connectivity index (χ0) is 20.0. The quantitative estimate of drug-likeness (QED) is 0.868. The number of carbonyl (C=O) groups excluding carboxylic acids is 2. The zero-order valence-corrected chi connectivity index (χ0v) is 16.3. The Balaban J connectivity index is 1.42. The van der Waals surface area contributed by atoms with E-state index in [1.807, 2.05) is 11.0 Å². The molecule has 0 saturated carbocycles. The topological polar surface area (TPSA) is 71.1 Å². The number of amides is 2. The second kappa shape index (κ2) is 6.99. The third kappa shape index (κ3) is 2.97. The predicted octanol–water partition coefficient (Wildman–Crippen LogP) is 3.11. The van der Waals surface area contributed by atoms with Gasteiger partial charge in [-0.3, -0.25) is 9.59 Å². The van der Waals surface area contributed by atoms with E-state index >= 15 is 0 Å². The van der Waals surface area contributed by atoms with Gasteiger partial charge in [-0.2, -0.15) is 0 Å². The highest BCUT2D eigenvalue weighted by Crippen LogP contribution is 2.37. The largest absolute Gasteiger partial charge is 0.486 e. The van der Waals surface area contributed by atoms with Crippen molar-refractivity contribution in [3.8, 4) is 11.5 Å². The molecule has 2 aromatic rings. The first-order valence-corrected chi connectivity index (χ1v) is 10.1. The van der Waals surface area contributed by atoms with Crippen LogP contribution in [0.3, 0.4) is 0 Å². The highest BCUT2D eigenvalue weighted by Gasteiger charge is 2.39. The molecule has 5 rings (SSSR count). The molecule has 150 valence electrons. The van der Waals surface area contributed by atoms with Crippen LogP contribution in [0.5, 0.6) is 11.5 Å². The molecular formula is C22H23N3O4. The monoisotopic (exact) mass is 393 g/mol. The van der Waals surface area contributed by atoms with Gasteiger partial charge in [-0.15, -0.1) is 0 Å². The predicted molar refractivity (Wildman–Crippen MR) is 109 cm³/mol. The van der Waals surface area contributed by atoms with Crippen molar-refractivity contribution in [2.75, 3.05) is 36.5 Å². The Hall–Kier alpha value is -3.22. The second-order valence-corrected chi connectivity index (χ2v) is 7.45. The summed E-state index contributed by atoms with van der Waals surface area (Å²) in [4.78, 5) is 29.9. The molecule has 0 aliphatic carbocycles. The highest BCUT2D eigenvalue weighted by atomic mass is 16.6. The molecule has 1 unspecified atom stereocenters. The fraction of sp³-hybridized carbons (Fsp3) is 0.364. The highest BCUT2D eigenvalue weighted by molar-refractivity contribution is 6.08. The van der Waals surface area contributed by atoms with Crippen molar-refractivity contribution < 1.29 is 19.1 Å². The van der Waals surface area contributed by atoms with Crippen molar-refractivity contribution in [1.29, 1.82) is 0 Å². The van der Waals surface area contributed by atoms with Gasteiger partial charge in [-0.25, -0.2) is 0 Å². The average molecular weight is 393 g/mol. The number of carbonyl (C=O) groups is 2. The molecule has 0 bridgehead atoms. The van der Waals surface area contributed by atoms with E-state index in [2.05, 4.69) is 17.1 Å². The Morgan fingerprint density at radius 3 is 2.79 bits per heavy atom. The van der Waals surface area contributed by atoms with Crippen molar-refractivity contribution in [1.82, 2.24) is 4.90 Å². The maximum absolute atomic E-state index is 12.9. The Morgan fingerprint density at radius 2 is 1.97 bits per heavy atom. The number of hydrogen-bond acceptors (Lipinski definition) is 5. The summed E-state index contributed by atoms with van der Waals surface area (Å²) in [5.41, 5.74) is 2.68. The minimum absolute atomic E-state index is 0.0611. The lowest BCUT2D eigenvalue weighted by molar-refractivity contribution is 0.0715. The lowest BCUT2D eigenvalue weighted by atomic mass is 10.0. The molecule has 3 aliphatic rings. The van der Waals surface area contributed by atoms with Gasteiger partial charge in [0, 0.05) is 30.4 Å². The SMILES string of the molecule is CCN1c2cc(C(=O)Nc3ccc4c(c3)OCCO4)ccc2C(=O)N2CCCC21. The van der Waals surface area contributed by atoms with E-state index in [4.69, 9.17) is 9.47 Å². The van der Waals surface area contributed by atoms with E-state index < -0.39 is 0 Å². The van der Waals surface area contributed by atoms with Crippen LogP contribution in [0.2, 0.25) is 0 Å². The normalized spacial score (nSPS) is 19.6. The van der Waals surface area contributed by atoms with E-state index in [1.165, 1.54) is 0 Å². The van der Waals surface area contributed by atoms with Crippen molar-refractivity contribution in [3.05, 3.63) is 47.5 Å². The molecule has 0 aromatic heterocycles. The summed E-state index contributed by atoms with van der Waals surface area (Å²) in [7, 11) is 0. The summed E-state index contributed by atoms with van der Waals surface area (Å²) in [6, 6.07) is 10.7. The lowest BCUT2D eigenvalue weighted by Gasteiger charge is -2.41. The van der Waals surface area contributed by atoms with Gasteiger partial charge in [0.05, 0.1) is 11.3 Å². The molecule has 1 saturated heterocycles. The molecule has 3 heterocycles. The standard InChI is InChI=1S/C22H23N3O4/c1-2-24-17-12-14(5-7-16(17)22(27)25-9-3-4-20(24)25)21(26)23-15-6-8-18-19(13-15)29-11-10-28-18/h5-8,12-13,20H,2-4,9-11H2,1H3,(H,23,26). The minimum Gasteiger partial charge on any atom is -0.486 e. The van der Waals surface area contributed by atoms with Crippen LogP contribution in [-0.2, 0) is 0 Å². The van der Waals surface area contributed by atoms with E-state index in [1.54, 1.807) is 30.3 Å². The average Bonchev–Trinajstić information content (AvgIpc) is 3.24. The zero-order valence-electron chi connectivity index (χ0n) is 16.3. The number of nitrogens with one attached hydrogen (secondary N) is 1. The number of nitrogens with zero attached hydrogens (tertiary/aromatic N) is 2. The van der Waals surface area contributed by atoms with Gasteiger partial charge in [0.2, 0.25) is 0 Å². The fourth-order valence-electron chi connectivity index (χ4n) is 4.42. The van der Waals surface area contributed by atoms with Crippen LogP contribution in [0.4, 0.5) is 11.4 Å². The molecular weight excluding hydrogens is 370 g/mol. The van der Waals surface area contributed by atoms with Crippen LogP contribution < -0.4 is 19.7 Å². The Morgan fingerprint density at radius 1 is 1.14 bits per heavy atom. The molecule has 7 nitrogen and oxygen atoms in total. The Bertz CT molecular complexity index is 990. The molecule has 7 heteroatoms. The molecule has 1 N–H and O–H groups in total. The van der Waals surface area contributed by atoms with E-state index in [0.717, 1.165) is 31.6 Å². The lowest BCUT2D eigenvalue weighted by Crippen LogP contribution is -2.52. The molecule has 0 spiro atoms. The number of rotatable bonds is 3. The van der Waals surface area contributed by atoms with Crippen LogP contribution in [-0.4, -0.2) is 49.2 Å².